The van der Waals surface area contributed by atoms with E-state index < -0.39 is 11.7 Å². The Labute approximate surface area is 152 Å². The molecule has 0 radical (unpaired) electrons. The minimum Gasteiger partial charge on any atom is -0.256 e. The number of halogens is 4. The van der Waals surface area contributed by atoms with Crippen LogP contribution in [0.15, 0.2) is 48.8 Å². The number of nitrogens with one attached hydrogen (secondary N) is 1. The van der Waals surface area contributed by atoms with Crippen molar-refractivity contribution in [1.29, 1.82) is 0 Å². The van der Waals surface area contributed by atoms with E-state index >= 15 is 0 Å². The van der Waals surface area contributed by atoms with E-state index in [1.165, 1.54) is 0 Å². The molecule has 3 heterocycles. The highest BCUT2D eigenvalue weighted by Crippen LogP contribution is 2.33. The summed E-state index contributed by atoms with van der Waals surface area (Å²) in [7, 11) is 0. The van der Waals surface area contributed by atoms with Crippen molar-refractivity contribution in [3.05, 3.63) is 70.6 Å². The first-order valence-corrected chi connectivity index (χ1v) is 8.46. The van der Waals surface area contributed by atoms with Crippen LogP contribution in [0.3, 0.4) is 0 Å². The topological polar surface area (TPSA) is 35.2 Å². The van der Waals surface area contributed by atoms with Crippen LogP contribution >= 0.6 is 11.6 Å². The zero-order valence-corrected chi connectivity index (χ0v) is 14.3. The number of para-hydroxylation sites is 1. The molecule has 0 saturated heterocycles. The van der Waals surface area contributed by atoms with Crippen molar-refractivity contribution in [3.8, 4) is 5.69 Å². The molecular formula is C18H15ClF3N4+. The van der Waals surface area contributed by atoms with Crippen LogP contribution in [0.1, 0.15) is 16.8 Å². The minimum absolute atomic E-state index is 0.0544. The number of benzene rings is 1. The first-order chi connectivity index (χ1) is 12.4. The minimum atomic E-state index is -4.43. The highest BCUT2D eigenvalue weighted by molar-refractivity contribution is 6.32. The number of H-pyrrole nitrogens is 1. The largest absolute Gasteiger partial charge is 0.419 e. The molecule has 0 saturated carbocycles. The number of aromatic nitrogens is 3. The van der Waals surface area contributed by atoms with Gasteiger partial charge in [0.05, 0.1) is 23.5 Å². The Balaban J connectivity index is 1.60. The van der Waals surface area contributed by atoms with Crippen LogP contribution in [0.5, 0.6) is 0 Å². The summed E-state index contributed by atoms with van der Waals surface area (Å²) < 4.78 is 40.2. The Bertz CT molecular complexity index is 937. The summed E-state index contributed by atoms with van der Waals surface area (Å²) in [6.07, 6.45) is -0.830. The third-order valence-corrected chi connectivity index (χ3v) is 4.68. The predicted molar refractivity (Wildman–Crippen MR) is 91.3 cm³/mol. The van der Waals surface area contributed by atoms with E-state index in [-0.39, 0.29) is 5.02 Å². The number of hydrogen-bond acceptors (Lipinski definition) is 2. The van der Waals surface area contributed by atoms with Gasteiger partial charge in [-0.15, -0.1) is 0 Å². The number of aromatic amines is 1. The lowest BCUT2D eigenvalue weighted by molar-refractivity contribution is -0.367. The second-order valence-electron chi connectivity index (χ2n) is 6.14. The van der Waals surface area contributed by atoms with E-state index in [0.29, 0.717) is 25.3 Å². The molecule has 2 aromatic heterocycles. The third-order valence-electron chi connectivity index (χ3n) is 4.39. The normalized spacial score (nSPS) is 14.4. The lowest BCUT2D eigenvalue weighted by Crippen LogP contribution is -2.34. The molecule has 4 nitrogen and oxygen atoms in total. The first kappa shape index (κ1) is 16.9. The Kier molecular flexibility index (Phi) is 4.11. The van der Waals surface area contributed by atoms with Gasteiger partial charge in [-0.25, -0.2) is 9.67 Å². The van der Waals surface area contributed by atoms with E-state index in [1.807, 2.05) is 46.1 Å². The van der Waals surface area contributed by atoms with Gasteiger partial charge >= 0.3 is 6.18 Å². The molecule has 0 bridgehead atoms. The van der Waals surface area contributed by atoms with Gasteiger partial charge < -0.3 is 0 Å². The Hall–Kier alpha value is -2.54. The fourth-order valence-electron chi connectivity index (χ4n) is 3.08. The molecule has 1 aromatic carbocycles. The molecule has 4 rings (SSSR count). The molecule has 1 aliphatic rings. The van der Waals surface area contributed by atoms with Gasteiger partial charge in [0.15, 0.2) is 0 Å². The average Bonchev–Trinajstić information content (AvgIpc) is 3.05. The molecule has 0 fully saturated rings. The van der Waals surface area contributed by atoms with Crippen LogP contribution in [0.25, 0.3) is 5.69 Å². The van der Waals surface area contributed by atoms with Crippen molar-refractivity contribution in [1.82, 2.24) is 9.78 Å². The standard InChI is InChI=1S/C18H14ClF3N4/c19-15-8-13(18(20,21)22)9-23-17(15)25-7-6-16-12(10-25)11-26(24-16)14-4-2-1-3-5-14/h1-5,8-9,11H,6-7,10H2/p+1. The van der Waals surface area contributed by atoms with Crippen molar-refractivity contribution in [2.24, 2.45) is 0 Å². The quantitative estimate of drug-likeness (QED) is 0.676. The van der Waals surface area contributed by atoms with Gasteiger partial charge in [-0.2, -0.15) is 18.3 Å². The zero-order valence-electron chi connectivity index (χ0n) is 13.6. The van der Waals surface area contributed by atoms with Gasteiger partial charge in [0.2, 0.25) is 0 Å². The number of hydrogen-bond donors (Lipinski definition) is 0. The molecule has 26 heavy (non-hydrogen) atoms. The summed E-state index contributed by atoms with van der Waals surface area (Å²) in [6.45, 7) is 1.16. The van der Waals surface area contributed by atoms with Crippen molar-refractivity contribution >= 4 is 17.4 Å². The fourth-order valence-corrected chi connectivity index (χ4v) is 3.38. The molecule has 134 valence electrons. The van der Waals surface area contributed by atoms with E-state index in [4.69, 9.17) is 11.6 Å². The second-order valence-corrected chi connectivity index (χ2v) is 6.54. The fraction of sp³-hybridized carbons (Fsp3) is 0.222. The van der Waals surface area contributed by atoms with Gasteiger partial charge in [0, 0.05) is 18.2 Å². The van der Waals surface area contributed by atoms with E-state index in [0.717, 1.165) is 29.2 Å². The van der Waals surface area contributed by atoms with Gasteiger partial charge in [-0.1, -0.05) is 29.8 Å². The second kappa shape index (κ2) is 6.32. The summed E-state index contributed by atoms with van der Waals surface area (Å²) in [5.41, 5.74) is 2.20. The Morgan fingerprint density at radius 1 is 1.15 bits per heavy atom. The number of anilines is 1. The number of rotatable bonds is 2. The maximum atomic E-state index is 12.8. The number of pyridine rings is 1. The van der Waals surface area contributed by atoms with Gasteiger partial charge in [-0.3, -0.25) is 4.90 Å². The van der Waals surface area contributed by atoms with Crippen molar-refractivity contribution in [3.63, 3.8) is 0 Å². The maximum absolute atomic E-state index is 12.8. The maximum Gasteiger partial charge on any atom is 0.419 e. The lowest BCUT2D eigenvalue weighted by atomic mass is 10.1. The van der Waals surface area contributed by atoms with E-state index in [1.54, 1.807) is 0 Å². The van der Waals surface area contributed by atoms with Crippen molar-refractivity contribution in [2.75, 3.05) is 11.4 Å². The Morgan fingerprint density at radius 3 is 2.62 bits per heavy atom. The smallest absolute Gasteiger partial charge is 0.256 e. The van der Waals surface area contributed by atoms with Crippen LogP contribution in [-0.4, -0.2) is 16.3 Å². The third kappa shape index (κ3) is 3.14. The summed E-state index contributed by atoms with van der Waals surface area (Å²) in [6, 6.07) is 10.7. The molecule has 0 amide bonds. The SMILES string of the molecule is FC(F)(F)c1c[nH+]c(N2CCc3nn(-c4ccccc4)cc3C2)c(Cl)c1. The predicted octanol–water partition coefficient (Wildman–Crippen LogP) is 3.92. The van der Waals surface area contributed by atoms with Crippen LogP contribution in [0.4, 0.5) is 19.0 Å². The Morgan fingerprint density at radius 2 is 1.92 bits per heavy atom. The molecular weight excluding hydrogens is 365 g/mol. The van der Waals surface area contributed by atoms with Crippen LogP contribution in [0, 0.1) is 0 Å². The highest BCUT2D eigenvalue weighted by Gasteiger charge is 2.34. The van der Waals surface area contributed by atoms with Gasteiger partial charge in [0.1, 0.15) is 17.8 Å². The summed E-state index contributed by atoms with van der Waals surface area (Å²) in [5.74, 6) is 0.484. The summed E-state index contributed by atoms with van der Waals surface area (Å²) in [5, 5.41) is 4.67. The number of fused-ring (bicyclic) bond motifs is 1. The molecule has 0 aliphatic carbocycles. The molecule has 0 atom stereocenters. The monoisotopic (exact) mass is 379 g/mol. The van der Waals surface area contributed by atoms with Crippen molar-refractivity contribution in [2.45, 2.75) is 19.1 Å². The van der Waals surface area contributed by atoms with Crippen LogP contribution < -0.4 is 9.88 Å². The molecule has 8 heteroatoms. The highest BCUT2D eigenvalue weighted by atomic mass is 35.5. The van der Waals surface area contributed by atoms with Gasteiger partial charge in [0.25, 0.3) is 5.82 Å². The van der Waals surface area contributed by atoms with Crippen LogP contribution in [-0.2, 0) is 19.1 Å². The van der Waals surface area contributed by atoms with E-state index in [9.17, 15) is 13.2 Å². The van der Waals surface area contributed by atoms with Gasteiger partial charge in [-0.05, 0) is 18.2 Å². The summed E-state index contributed by atoms with van der Waals surface area (Å²) in [4.78, 5) is 4.63. The average molecular weight is 380 g/mol. The molecule has 3 aromatic rings. The molecule has 1 N–H and O–H groups in total. The number of nitrogens with zero attached hydrogens (tertiary/aromatic N) is 3. The zero-order chi connectivity index (χ0) is 18.3. The first-order valence-electron chi connectivity index (χ1n) is 8.08. The molecule has 0 spiro atoms. The van der Waals surface area contributed by atoms with Crippen molar-refractivity contribution < 1.29 is 18.2 Å². The number of alkyl halides is 3. The van der Waals surface area contributed by atoms with E-state index in [2.05, 4.69) is 10.1 Å². The molecule has 0 unspecified atom stereocenters. The summed E-state index contributed by atoms with van der Waals surface area (Å²) >= 11 is 6.10. The lowest BCUT2D eigenvalue weighted by Gasteiger charge is -2.21. The molecule has 1 aliphatic heterocycles. The van der Waals surface area contributed by atoms with Crippen LogP contribution in [0.2, 0.25) is 5.02 Å².